The molecular formula is C18H14BrNO7S. The Bertz CT molecular complexity index is 998. The number of methoxy groups -OCH3 is 2. The van der Waals surface area contributed by atoms with Gasteiger partial charge in [-0.05, 0) is 63.6 Å². The van der Waals surface area contributed by atoms with E-state index in [1.54, 1.807) is 12.1 Å². The predicted molar refractivity (Wildman–Crippen MR) is 104 cm³/mol. The summed E-state index contributed by atoms with van der Waals surface area (Å²) in [6, 6.07) is 6.06. The molecule has 28 heavy (non-hydrogen) atoms. The molecule has 1 aromatic heterocycles. The molecule has 1 saturated heterocycles. The van der Waals surface area contributed by atoms with Crippen LogP contribution in [0.4, 0.5) is 4.79 Å². The van der Waals surface area contributed by atoms with Crippen LogP contribution in [0.3, 0.4) is 0 Å². The van der Waals surface area contributed by atoms with Gasteiger partial charge in [-0.3, -0.25) is 14.5 Å². The van der Waals surface area contributed by atoms with Gasteiger partial charge >= 0.3 is 5.97 Å². The summed E-state index contributed by atoms with van der Waals surface area (Å²) in [5.41, 5.74) is 0.568. The lowest BCUT2D eigenvalue weighted by Crippen LogP contribution is -2.27. The maximum Gasteiger partial charge on any atom is 0.373 e. The van der Waals surface area contributed by atoms with E-state index >= 15 is 0 Å². The molecule has 1 aliphatic rings. The van der Waals surface area contributed by atoms with Crippen molar-refractivity contribution in [3.8, 4) is 11.5 Å². The number of thioether (sulfide) groups is 1. The van der Waals surface area contributed by atoms with E-state index in [2.05, 4.69) is 20.7 Å². The van der Waals surface area contributed by atoms with Crippen LogP contribution in [0.15, 0.2) is 38.1 Å². The second-order valence-electron chi connectivity index (χ2n) is 5.58. The Morgan fingerprint density at radius 1 is 1.32 bits per heavy atom. The molecule has 146 valence electrons. The fourth-order valence-corrected chi connectivity index (χ4v) is 3.75. The lowest BCUT2D eigenvalue weighted by Gasteiger charge is -2.10. The number of halogens is 1. The molecule has 1 aliphatic heterocycles. The number of nitrogens with zero attached hydrogens (tertiary/aromatic N) is 1. The molecular weight excluding hydrogens is 454 g/mol. The highest BCUT2D eigenvalue weighted by atomic mass is 79.9. The van der Waals surface area contributed by atoms with Gasteiger partial charge in [0.2, 0.25) is 5.76 Å². The summed E-state index contributed by atoms with van der Waals surface area (Å²) in [5.74, 6) is -0.710. The number of phenolic OH excluding ortho intramolecular Hbond substituents is 1. The number of esters is 1. The molecule has 0 atom stereocenters. The van der Waals surface area contributed by atoms with Gasteiger partial charge in [-0.15, -0.1) is 0 Å². The first-order valence-corrected chi connectivity index (χ1v) is 9.44. The first-order chi connectivity index (χ1) is 13.3. The van der Waals surface area contributed by atoms with Crippen molar-refractivity contribution in [2.45, 2.75) is 6.54 Å². The highest BCUT2D eigenvalue weighted by Gasteiger charge is 2.35. The number of benzene rings is 1. The number of aromatic hydroxyl groups is 1. The zero-order valence-electron chi connectivity index (χ0n) is 14.7. The fraction of sp³-hybridized carbons (Fsp3) is 0.167. The second-order valence-corrected chi connectivity index (χ2v) is 7.43. The molecule has 2 amide bonds. The topological polar surface area (TPSA) is 106 Å². The highest BCUT2D eigenvalue weighted by molar-refractivity contribution is 9.10. The van der Waals surface area contributed by atoms with Crippen molar-refractivity contribution in [3.05, 3.63) is 50.7 Å². The molecule has 8 nitrogen and oxygen atoms in total. The Morgan fingerprint density at radius 3 is 2.75 bits per heavy atom. The van der Waals surface area contributed by atoms with E-state index in [4.69, 9.17) is 9.15 Å². The van der Waals surface area contributed by atoms with Gasteiger partial charge in [0, 0.05) is 0 Å². The molecule has 0 spiro atoms. The molecule has 1 aromatic carbocycles. The lowest BCUT2D eigenvalue weighted by molar-refractivity contribution is -0.123. The third-order valence-corrected chi connectivity index (χ3v) is 5.32. The smallest absolute Gasteiger partial charge is 0.373 e. The van der Waals surface area contributed by atoms with Crippen molar-refractivity contribution >= 4 is 50.9 Å². The summed E-state index contributed by atoms with van der Waals surface area (Å²) in [5, 5.41) is 9.41. The quantitative estimate of drug-likeness (QED) is 0.522. The molecule has 1 fully saturated rings. The van der Waals surface area contributed by atoms with E-state index in [0.29, 0.717) is 10.0 Å². The van der Waals surface area contributed by atoms with E-state index in [-0.39, 0.29) is 34.5 Å². The Balaban J connectivity index is 1.82. The lowest BCUT2D eigenvalue weighted by atomic mass is 10.2. The Labute approximate surface area is 172 Å². The highest BCUT2D eigenvalue weighted by Crippen LogP contribution is 2.38. The third kappa shape index (κ3) is 3.92. The molecule has 1 N–H and O–H groups in total. The number of amides is 2. The number of phenols is 1. The second kappa shape index (κ2) is 8.11. The van der Waals surface area contributed by atoms with Crippen LogP contribution in [0.2, 0.25) is 0 Å². The Morgan fingerprint density at radius 2 is 2.07 bits per heavy atom. The summed E-state index contributed by atoms with van der Waals surface area (Å²) in [7, 11) is 2.63. The van der Waals surface area contributed by atoms with Crippen LogP contribution < -0.4 is 4.74 Å². The SMILES string of the molecule is COC(=O)c1ccc(CN2C(=O)S/C(=C/c3cc(Br)c(O)c(OC)c3)C2=O)o1. The predicted octanol–water partition coefficient (Wildman–Crippen LogP) is 3.78. The number of hydrogen-bond acceptors (Lipinski definition) is 8. The summed E-state index contributed by atoms with van der Waals surface area (Å²) < 4.78 is 15.3. The Kier molecular flexibility index (Phi) is 5.80. The first kappa shape index (κ1) is 20.0. The van der Waals surface area contributed by atoms with Crippen LogP contribution in [0, 0.1) is 0 Å². The minimum atomic E-state index is -0.646. The van der Waals surface area contributed by atoms with E-state index in [9.17, 15) is 19.5 Å². The van der Waals surface area contributed by atoms with Gasteiger partial charge in [-0.2, -0.15) is 0 Å². The number of carbonyl (C=O) groups is 3. The summed E-state index contributed by atoms with van der Waals surface area (Å²) in [4.78, 5) is 37.5. The Hall–Kier alpha value is -2.72. The minimum absolute atomic E-state index is 0.0129. The van der Waals surface area contributed by atoms with Crippen molar-refractivity contribution in [2.24, 2.45) is 0 Å². The number of rotatable bonds is 5. The molecule has 0 saturated carbocycles. The van der Waals surface area contributed by atoms with Gasteiger partial charge in [0.05, 0.1) is 30.1 Å². The van der Waals surface area contributed by atoms with E-state index in [1.165, 1.54) is 32.4 Å². The van der Waals surface area contributed by atoms with Crippen molar-refractivity contribution in [2.75, 3.05) is 14.2 Å². The minimum Gasteiger partial charge on any atom is -0.503 e. The van der Waals surface area contributed by atoms with Crippen LogP contribution in [0.1, 0.15) is 21.9 Å². The number of imide groups is 1. The first-order valence-electron chi connectivity index (χ1n) is 7.83. The molecule has 3 rings (SSSR count). The molecule has 10 heteroatoms. The normalized spacial score (nSPS) is 15.4. The van der Waals surface area contributed by atoms with Crippen LogP contribution in [-0.2, 0) is 16.1 Å². The van der Waals surface area contributed by atoms with Crippen LogP contribution in [0.25, 0.3) is 6.08 Å². The average Bonchev–Trinajstić information content (AvgIpc) is 3.24. The zero-order valence-corrected chi connectivity index (χ0v) is 17.1. The van der Waals surface area contributed by atoms with Gasteiger partial charge in [0.1, 0.15) is 5.76 Å². The van der Waals surface area contributed by atoms with Crippen LogP contribution >= 0.6 is 27.7 Å². The van der Waals surface area contributed by atoms with Gasteiger partial charge in [0.15, 0.2) is 11.5 Å². The van der Waals surface area contributed by atoms with Crippen LogP contribution in [-0.4, -0.2) is 41.3 Å². The molecule has 0 bridgehead atoms. The molecule has 2 aromatic rings. The van der Waals surface area contributed by atoms with Crippen molar-refractivity contribution in [1.82, 2.24) is 4.90 Å². The largest absolute Gasteiger partial charge is 0.503 e. The van der Waals surface area contributed by atoms with Gasteiger partial charge < -0.3 is 19.0 Å². The molecule has 2 heterocycles. The van der Waals surface area contributed by atoms with Gasteiger partial charge in [-0.1, -0.05) is 0 Å². The maximum atomic E-state index is 12.6. The number of hydrogen-bond donors (Lipinski definition) is 1. The molecule has 0 unspecified atom stereocenters. The van der Waals surface area contributed by atoms with Crippen molar-refractivity contribution in [1.29, 1.82) is 0 Å². The summed E-state index contributed by atoms with van der Waals surface area (Å²) in [6.07, 6.45) is 1.53. The number of ether oxygens (including phenoxy) is 2. The van der Waals surface area contributed by atoms with Crippen molar-refractivity contribution < 1.29 is 33.4 Å². The monoisotopic (exact) mass is 467 g/mol. The summed E-state index contributed by atoms with van der Waals surface area (Å²) in [6.45, 7) is -0.110. The number of carbonyl (C=O) groups excluding carboxylic acids is 3. The van der Waals surface area contributed by atoms with Gasteiger partial charge in [-0.25, -0.2) is 4.79 Å². The fourth-order valence-electron chi connectivity index (χ4n) is 2.45. The molecule has 0 radical (unpaired) electrons. The van der Waals surface area contributed by atoms with Gasteiger partial charge in [0.25, 0.3) is 11.1 Å². The maximum absolute atomic E-state index is 12.6. The number of furan rings is 1. The zero-order chi connectivity index (χ0) is 20.4. The molecule has 0 aliphatic carbocycles. The van der Waals surface area contributed by atoms with E-state index in [0.717, 1.165) is 16.7 Å². The summed E-state index contributed by atoms with van der Waals surface area (Å²) >= 11 is 4.00. The standard InChI is InChI=1S/C18H14BrNO7S/c1-25-13-6-9(5-11(19)15(13)21)7-14-16(22)20(18(24)28-14)8-10-3-4-12(27-10)17(23)26-2/h3-7,21H,8H2,1-2H3/b14-7+. The van der Waals surface area contributed by atoms with E-state index in [1.807, 2.05) is 0 Å². The van der Waals surface area contributed by atoms with Crippen LogP contribution in [0.5, 0.6) is 11.5 Å². The average molecular weight is 468 g/mol. The third-order valence-electron chi connectivity index (χ3n) is 3.80. The van der Waals surface area contributed by atoms with Crippen molar-refractivity contribution in [3.63, 3.8) is 0 Å². The van der Waals surface area contributed by atoms with E-state index < -0.39 is 17.1 Å².